The molecule has 0 amide bonds. The normalized spacial score (nSPS) is 15.6. The number of hydrogen-bond acceptors (Lipinski definition) is 4. The van der Waals surface area contributed by atoms with Crippen molar-refractivity contribution in [1.29, 1.82) is 0 Å². The fraction of sp³-hybridized carbons (Fsp3) is 0.200. The van der Waals surface area contributed by atoms with Crippen LogP contribution in [0.5, 0.6) is 0 Å². The first-order chi connectivity index (χ1) is 13.8. The molecule has 1 heterocycles. The second kappa shape index (κ2) is 7.60. The molecule has 0 spiro atoms. The number of nitrogens with zero attached hydrogens (tertiary/aromatic N) is 1. The number of sulfonamides is 2. The highest BCUT2D eigenvalue weighted by Gasteiger charge is 2.29. The van der Waals surface area contributed by atoms with Gasteiger partial charge in [0.15, 0.2) is 0 Å². The summed E-state index contributed by atoms with van der Waals surface area (Å²) in [6.45, 7) is 0.872. The fourth-order valence-corrected chi connectivity index (χ4v) is 6.48. The Bertz CT molecular complexity index is 1280. The van der Waals surface area contributed by atoms with Crippen LogP contribution in [-0.4, -0.2) is 34.2 Å². The minimum absolute atomic E-state index is 0.0607. The van der Waals surface area contributed by atoms with Crippen LogP contribution in [0.25, 0.3) is 10.8 Å². The van der Waals surface area contributed by atoms with Crippen LogP contribution >= 0.6 is 11.6 Å². The van der Waals surface area contributed by atoms with Crippen LogP contribution in [0.1, 0.15) is 12.8 Å². The highest BCUT2D eigenvalue weighted by molar-refractivity contribution is 7.92. The second-order valence-corrected chi connectivity index (χ2v) is 10.9. The first-order valence-electron chi connectivity index (χ1n) is 9.09. The molecular formula is C20H19ClN2O4S2. The van der Waals surface area contributed by atoms with Gasteiger partial charge >= 0.3 is 0 Å². The standard InChI is InChI=1S/C20H19ClN2O4S2/c21-19-10-8-17(14-20(19)29(26,27)23-11-3-4-12-23)22-28(24,25)18-9-7-15-5-1-2-6-16(15)13-18/h1-2,5-10,13-14,22H,3-4,11-12H2. The van der Waals surface area contributed by atoms with E-state index in [2.05, 4.69) is 4.72 Å². The molecule has 29 heavy (non-hydrogen) atoms. The molecule has 1 N–H and O–H groups in total. The predicted molar refractivity (Wildman–Crippen MR) is 114 cm³/mol. The molecule has 0 aromatic heterocycles. The van der Waals surface area contributed by atoms with Crippen molar-refractivity contribution in [3.63, 3.8) is 0 Å². The van der Waals surface area contributed by atoms with Crippen molar-refractivity contribution >= 4 is 48.1 Å². The van der Waals surface area contributed by atoms with Gasteiger partial charge in [-0.2, -0.15) is 4.31 Å². The zero-order valence-corrected chi connectivity index (χ0v) is 17.8. The highest BCUT2D eigenvalue weighted by atomic mass is 35.5. The minimum Gasteiger partial charge on any atom is -0.280 e. The van der Waals surface area contributed by atoms with Crippen LogP contribution in [0.15, 0.2) is 70.5 Å². The lowest BCUT2D eigenvalue weighted by atomic mass is 10.1. The van der Waals surface area contributed by atoms with Gasteiger partial charge in [0.2, 0.25) is 10.0 Å². The Morgan fingerprint density at radius 1 is 0.828 bits per heavy atom. The molecule has 4 rings (SSSR count). The van der Waals surface area contributed by atoms with E-state index in [1.165, 1.54) is 28.6 Å². The molecule has 0 bridgehead atoms. The summed E-state index contributed by atoms with van der Waals surface area (Å²) in [6, 6.07) is 16.4. The molecule has 0 atom stereocenters. The predicted octanol–water partition coefficient (Wildman–Crippen LogP) is 4.08. The summed E-state index contributed by atoms with van der Waals surface area (Å²) in [4.78, 5) is -0.00474. The summed E-state index contributed by atoms with van der Waals surface area (Å²) in [5, 5.41) is 1.78. The summed E-state index contributed by atoms with van der Waals surface area (Å²) in [6.07, 6.45) is 1.59. The monoisotopic (exact) mass is 450 g/mol. The average molecular weight is 451 g/mol. The van der Waals surface area contributed by atoms with E-state index in [-0.39, 0.29) is 20.5 Å². The number of nitrogens with one attached hydrogen (secondary N) is 1. The Morgan fingerprint density at radius 3 is 2.24 bits per heavy atom. The van der Waals surface area contributed by atoms with E-state index >= 15 is 0 Å². The van der Waals surface area contributed by atoms with Gasteiger partial charge in [0, 0.05) is 13.1 Å². The zero-order chi connectivity index (χ0) is 20.6. The Morgan fingerprint density at radius 2 is 1.52 bits per heavy atom. The van der Waals surface area contributed by atoms with Crippen molar-refractivity contribution in [2.24, 2.45) is 0 Å². The summed E-state index contributed by atoms with van der Waals surface area (Å²) in [5.74, 6) is 0. The molecule has 0 saturated carbocycles. The van der Waals surface area contributed by atoms with Gasteiger partial charge in [0.25, 0.3) is 10.0 Å². The molecule has 0 aliphatic carbocycles. The van der Waals surface area contributed by atoms with Gasteiger partial charge in [-0.1, -0.05) is 41.9 Å². The molecule has 3 aromatic rings. The van der Waals surface area contributed by atoms with Crippen molar-refractivity contribution in [1.82, 2.24) is 4.31 Å². The first-order valence-corrected chi connectivity index (χ1v) is 12.4. The van der Waals surface area contributed by atoms with Crippen LogP contribution in [0.2, 0.25) is 5.02 Å². The van der Waals surface area contributed by atoms with Gasteiger partial charge in [0.1, 0.15) is 4.90 Å². The minimum atomic E-state index is -3.90. The van der Waals surface area contributed by atoms with Gasteiger partial charge < -0.3 is 0 Å². The smallest absolute Gasteiger partial charge is 0.261 e. The van der Waals surface area contributed by atoms with Crippen molar-refractivity contribution in [3.8, 4) is 0 Å². The third-order valence-corrected chi connectivity index (χ3v) is 8.66. The van der Waals surface area contributed by atoms with Crippen LogP contribution in [0, 0.1) is 0 Å². The Hall–Kier alpha value is -2.13. The van der Waals surface area contributed by atoms with E-state index < -0.39 is 20.0 Å². The SMILES string of the molecule is O=S(=O)(Nc1ccc(Cl)c(S(=O)(=O)N2CCCC2)c1)c1ccc2ccccc2c1. The topological polar surface area (TPSA) is 83.5 Å². The quantitative estimate of drug-likeness (QED) is 0.634. The zero-order valence-electron chi connectivity index (χ0n) is 15.4. The molecule has 3 aromatic carbocycles. The lowest BCUT2D eigenvalue weighted by molar-refractivity contribution is 0.477. The number of benzene rings is 3. The number of hydrogen-bond donors (Lipinski definition) is 1. The average Bonchev–Trinajstić information content (AvgIpc) is 3.24. The maximum Gasteiger partial charge on any atom is 0.261 e. The molecule has 1 saturated heterocycles. The van der Waals surface area contributed by atoms with Gasteiger partial charge in [-0.15, -0.1) is 0 Å². The first kappa shape index (κ1) is 20.2. The number of anilines is 1. The van der Waals surface area contributed by atoms with Crippen LogP contribution in [0.3, 0.4) is 0 Å². The highest BCUT2D eigenvalue weighted by Crippen LogP contribution is 2.30. The molecule has 1 fully saturated rings. The van der Waals surface area contributed by atoms with Crippen LogP contribution in [0.4, 0.5) is 5.69 Å². The number of rotatable bonds is 5. The summed E-state index contributed by atoms with van der Waals surface area (Å²) < 4.78 is 55.2. The van der Waals surface area contributed by atoms with Crippen molar-refractivity contribution in [2.45, 2.75) is 22.6 Å². The maximum atomic E-state index is 12.9. The summed E-state index contributed by atoms with van der Waals surface area (Å²) in [7, 11) is -7.67. The van der Waals surface area contributed by atoms with Gasteiger partial charge in [-0.25, -0.2) is 16.8 Å². The molecule has 0 unspecified atom stereocenters. The fourth-order valence-electron chi connectivity index (χ4n) is 3.38. The Kier molecular flexibility index (Phi) is 5.29. The molecular weight excluding hydrogens is 432 g/mol. The second-order valence-electron chi connectivity index (χ2n) is 6.87. The molecule has 0 radical (unpaired) electrons. The lowest BCUT2D eigenvalue weighted by Gasteiger charge is -2.17. The van der Waals surface area contributed by atoms with Crippen LogP contribution < -0.4 is 4.72 Å². The molecule has 1 aliphatic heterocycles. The van der Waals surface area contributed by atoms with Gasteiger partial charge in [0.05, 0.1) is 15.6 Å². The van der Waals surface area contributed by atoms with Crippen molar-refractivity contribution in [3.05, 3.63) is 65.7 Å². The van der Waals surface area contributed by atoms with Gasteiger partial charge in [-0.3, -0.25) is 4.72 Å². The number of fused-ring (bicyclic) bond motifs is 1. The Labute approximate surface area is 175 Å². The van der Waals surface area contributed by atoms with E-state index in [9.17, 15) is 16.8 Å². The molecule has 1 aliphatic rings. The molecule has 6 nitrogen and oxygen atoms in total. The summed E-state index contributed by atoms with van der Waals surface area (Å²) >= 11 is 6.13. The molecule has 9 heteroatoms. The van der Waals surface area contributed by atoms with E-state index in [4.69, 9.17) is 11.6 Å². The van der Waals surface area contributed by atoms with E-state index in [1.54, 1.807) is 12.1 Å². The molecule has 152 valence electrons. The third kappa shape index (κ3) is 3.98. The van der Waals surface area contributed by atoms with Gasteiger partial charge in [-0.05, 0) is 53.9 Å². The van der Waals surface area contributed by atoms with E-state index in [1.807, 2.05) is 24.3 Å². The maximum absolute atomic E-state index is 12.9. The van der Waals surface area contributed by atoms with Crippen LogP contribution in [-0.2, 0) is 20.0 Å². The third-order valence-electron chi connectivity index (χ3n) is 4.90. The largest absolute Gasteiger partial charge is 0.280 e. The summed E-state index contributed by atoms with van der Waals surface area (Å²) in [5.41, 5.74) is 0.139. The van der Waals surface area contributed by atoms with E-state index in [0.717, 1.165) is 23.6 Å². The Balaban J connectivity index is 1.68. The van der Waals surface area contributed by atoms with Crippen molar-refractivity contribution in [2.75, 3.05) is 17.8 Å². The van der Waals surface area contributed by atoms with E-state index in [0.29, 0.717) is 13.1 Å². The number of halogens is 1. The van der Waals surface area contributed by atoms with Crippen molar-refractivity contribution < 1.29 is 16.8 Å². The lowest BCUT2D eigenvalue weighted by Crippen LogP contribution is -2.28.